The lowest BCUT2D eigenvalue weighted by atomic mass is 9.95. The zero-order valence-corrected chi connectivity index (χ0v) is 13.7. The van der Waals surface area contributed by atoms with Crippen LogP contribution in [0.3, 0.4) is 0 Å². The van der Waals surface area contributed by atoms with E-state index in [-0.39, 0.29) is 24.5 Å². The van der Waals surface area contributed by atoms with Crippen LogP contribution in [0.4, 0.5) is 5.69 Å². The second-order valence-electron chi connectivity index (χ2n) is 6.73. The summed E-state index contributed by atoms with van der Waals surface area (Å²) in [6, 6.07) is 7.83. The minimum atomic E-state index is -0.429. The number of ether oxygens (including phenoxy) is 1. The molecule has 0 aliphatic carbocycles. The van der Waals surface area contributed by atoms with Crippen LogP contribution >= 0.6 is 0 Å². The average molecular weight is 304 g/mol. The van der Waals surface area contributed by atoms with Crippen LogP contribution in [0.15, 0.2) is 24.3 Å². The SMILES string of the molecule is Cc1ccc(N2CC(CNC(=O)C(C)(C)C)OCC2=O)cc1. The van der Waals surface area contributed by atoms with Crippen molar-refractivity contribution in [2.75, 3.05) is 24.6 Å². The molecule has 2 amide bonds. The van der Waals surface area contributed by atoms with Crippen LogP contribution in [-0.2, 0) is 14.3 Å². The molecule has 5 heteroatoms. The Hall–Kier alpha value is -1.88. The maximum Gasteiger partial charge on any atom is 0.253 e. The van der Waals surface area contributed by atoms with Crippen molar-refractivity contribution in [3.8, 4) is 0 Å². The van der Waals surface area contributed by atoms with Crippen LogP contribution in [0.5, 0.6) is 0 Å². The van der Waals surface area contributed by atoms with Gasteiger partial charge in [-0.2, -0.15) is 0 Å². The van der Waals surface area contributed by atoms with Gasteiger partial charge in [0, 0.05) is 17.6 Å². The number of amides is 2. The lowest BCUT2D eigenvalue weighted by Gasteiger charge is -2.33. The highest BCUT2D eigenvalue weighted by molar-refractivity contribution is 5.95. The van der Waals surface area contributed by atoms with E-state index >= 15 is 0 Å². The van der Waals surface area contributed by atoms with Crippen LogP contribution in [-0.4, -0.2) is 37.6 Å². The molecule has 5 nitrogen and oxygen atoms in total. The highest BCUT2D eigenvalue weighted by atomic mass is 16.5. The summed E-state index contributed by atoms with van der Waals surface area (Å²) in [5.74, 6) is -0.0721. The number of anilines is 1. The minimum Gasteiger partial charge on any atom is -0.365 e. The third-order valence-electron chi connectivity index (χ3n) is 3.65. The molecule has 1 aliphatic rings. The fourth-order valence-corrected chi connectivity index (χ4v) is 2.19. The molecule has 0 aromatic heterocycles. The third-order valence-corrected chi connectivity index (χ3v) is 3.65. The Morgan fingerprint density at radius 3 is 2.55 bits per heavy atom. The van der Waals surface area contributed by atoms with E-state index in [1.54, 1.807) is 4.90 Å². The molecule has 1 heterocycles. The van der Waals surface area contributed by atoms with Crippen LogP contribution < -0.4 is 10.2 Å². The molecular formula is C17H24N2O3. The Bertz CT molecular complexity index is 546. The molecule has 1 aromatic rings. The summed E-state index contributed by atoms with van der Waals surface area (Å²) in [6.07, 6.45) is -0.190. The number of carbonyl (C=O) groups excluding carboxylic acids is 2. The fourth-order valence-electron chi connectivity index (χ4n) is 2.19. The highest BCUT2D eigenvalue weighted by Gasteiger charge is 2.29. The summed E-state index contributed by atoms with van der Waals surface area (Å²) in [7, 11) is 0. The monoisotopic (exact) mass is 304 g/mol. The fraction of sp³-hybridized carbons (Fsp3) is 0.529. The van der Waals surface area contributed by atoms with Crippen molar-refractivity contribution in [1.82, 2.24) is 5.32 Å². The van der Waals surface area contributed by atoms with Crippen molar-refractivity contribution < 1.29 is 14.3 Å². The smallest absolute Gasteiger partial charge is 0.253 e. The Morgan fingerprint density at radius 1 is 1.32 bits per heavy atom. The van der Waals surface area contributed by atoms with Gasteiger partial charge in [0.1, 0.15) is 6.61 Å². The number of carbonyl (C=O) groups is 2. The van der Waals surface area contributed by atoms with Crippen LogP contribution in [0.1, 0.15) is 26.3 Å². The van der Waals surface area contributed by atoms with Gasteiger partial charge in [-0.25, -0.2) is 0 Å². The van der Waals surface area contributed by atoms with Gasteiger partial charge in [0.2, 0.25) is 5.91 Å². The van der Waals surface area contributed by atoms with Crippen molar-refractivity contribution in [2.45, 2.75) is 33.8 Å². The molecule has 1 saturated heterocycles. The van der Waals surface area contributed by atoms with Crippen molar-refractivity contribution in [3.63, 3.8) is 0 Å². The van der Waals surface area contributed by atoms with Gasteiger partial charge < -0.3 is 15.0 Å². The van der Waals surface area contributed by atoms with E-state index in [0.717, 1.165) is 11.3 Å². The Labute approximate surface area is 131 Å². The number of hydrogen-bond donors (Lipinski definition) is 1. The lowest BCUT2D eigenvalue weighted by molar-refractivity contribution is -0.131. The van der Waals surface area contributed by atoms with E-state index in [9.17, 15) is 9.59 Å². The summed E-state index contributed by atoms with van der Waals surface area (Å²) in [6.45, 7) is 8.52. The van der Waals surface area contributed by atoms with Gasteiger partial charge in [-0.15, -0.1) is 0 Å². The maximum atomic E-state index is 12.0. The summed E-state index contributed by atoms with van der Waals surface area (Å²) in [5.41, 5.74) is 1.59. The van der Waals surface area contributed by atoms with E-state index in [2.05, 4.69) is 5.32 Å². The van der Waals surface area contributed by atoms with Gasteiger partial charge in [-0.3, -0.25) is 9.59 Å². The minimum absolute atomic E-state index is 0.0186. The first kappa shape index (κ1) is 16.5. The van der Waals surface area contributed by atoms with Gasteiger partial charge >= 0.3 is 0 Å². The largest absolute Gasteiger partial charge is 0.365 e. The number of rotatable bonds is 3. The van der Waals surface area contributed by atoms with Crippen molar-refractivity contribution in [1.29, 1.82) is 0 Å². The first-order valence-electron chi connectivity index (χ1n) is 7.54. The first-order valence-corrected chi connectivity index (χ1v) is 7.54. The molecule has 22 heavy (non-hydrogen) atoms. The summed E-state index contributed by atoms with van der Waals surface area (Å²) in [5, 5.41) is 2.89. The standard InChI is InChI=1S/C17H24N2O3/c1-12-5-7-13(8-6-12)19-10-14(22-11-15(19)20)9-18-16(21)17(2,3)4/h5-8,14H,9-11H2,1-4H3,(H,18,21). The van der Waals surface area contributed by atoms with Crippen LogP contribution in [0.2, 0.25) is 0 Å². The highest BCUT2D eigenvalue weighted by Crippen LogP contribution is 2.19. The predicted octanol–water partition coefficient (Wildman–Crippen LogP) is 1.89. The number of morpholine rings is 1. The maximum absolute atomic E-state index is 12.0. The molecule has 120 valence electrons. The number of benzene rings is 1. The first-order chi connectivity index (χ1) is 10.3. The molecule has 1 N–H and O–H groups in total. The average Bonchev–Trinajstić information content (AvgIpc) is 2.46. The van der Waals surface area contributed by atoms with E-state index in [1.165, 1.54) is 0 Å². The molecule has 1 aliphatic heterocycles. The van der Waals surface area contributed by atoms with Gasteiger partial charge in [0.15, 0.2) is 0 Å². The topological polar surface area (TPSA) is 58.6 Å². The van der Waals surface area contributed by atoms with Crippen LogP contribution in [0.25, 0.3) is 0 Å². The van der Waals surface area contributed by atoms with Crippen molar-refractivity contribution in [3.05, 3.63) is 29.8 Å². The molecule has 1 aromatic carbocycles. The zero-order valence-electron chi connectivity index (χ0n) is 13.7. The van der Waals surface area contributed by atoms with Gasteiger partial charge in [0.25, 0.3) is 5.91 Å². The molecule has 0 bridgehead atoms. The molecule has 0 radical (unpaired) electrons. The molecule has 2 rings (SSSR count). The summed E-state index contributed by atoms with van der Waals surface area (Å²) < 4.78 is 5.52. The third kappa shape index (κ3) is 4.07. The van der Waals surface area contributed by atoms with Crippen molar-refractivity contribution in [2.24, 2.45) is 5.41 Å². The van der Waals surface area contributed by atoms with Gasteiger partial charge in [-0.05, 0) is 19.1 Å². The van der Waals surface area contributed by atoms with E-state index in [4.69, 9.17) is 4.74 Å². The Balaban J connectivity index is 1.98. The number of aryl methyl sites for hydroxylation is 1. The van der Waals surface area contributed by atoms with Crippen molar-refractivity contribution >= 4 is 17.5 Å². The van der Waals surface area contributed by atoms with Gasteiger partial charge in [0.05, 0.1) is 12.6 Å². The quantitative estimate of drug-likeness (QED) is 0.927. The normalized spacial score (nSPS) is 19.2. The number of nitrogens with one attached hydrogen (secondary N) is 1. The summed E-state index contributed by atoms with van der Waals surface area (Å²) >= 11 is 0. The van der Waals surface area contributed by atoms with Gasteiger partial charge in [-0.1, -0.05) is 38.5 Å². The molecule has 1 fully saturated rings. The lowest BCUT2D eigenvalue weighted by Crippen LogP contribution is -2.51. The number of nitrogens with zero attached hydrogens (tertiary/aromatic N) is 1. The number of hydrogen-bond acceptors (Lipinski definition) is 3. The van der Waals surface area contributed by atoms with E-state index in [0.29, 0.717) is 13.1 Å². The summed E-state index contributed by atoms with van der Waals surface area (Å²) in [4.78, 5) is 25.7. The molecule has 0 spiro atoms. The predicted molar refractivity (Wildman–Crippen MR) is 85.7 cm³/mol. The molecule has 1 unspecified atom stereocenters. The molecular weight excluding hydrogens is 280 g/mol. The Morgan fingerprint density at radius 2 is 1.95 bits per heavy atom. The second kappa shape index (κ2) is 6.48. The second-order valence-corrected chi connectivity index (χ2v) is 6.73. The van der Waals surface area contributed by atoms with E-state index < -0.39 is 5.41 Å². The van der Waals surface area contributed by atoms with E-state index in [1.807, 2.05) is 52.0 Å². The Kier molecular flexibility index (Phi) is 4.86. The zero-order chi connectivity index (χ0) is 16.3. The molecule has 0 saturated carbocycles. The molecule has 1 atom stereocenters. The van der Waals surface area contributed by atoms with Crippen LogP contribution in [0, 0.1) is 12.3 Å².